The fraction of sp³-hybridized carbons (Fsp3) is 0. The monoisotopic (exact) mass is 107 g/mol. The standard InChI is InChI=1S/CHNOS2/c3-5-2-1-4/h5H. The zero-order chi connectivity index (χ0) is 4.12. The van der Waals surface area contributed by atoms with E-state index >= 15 is 0 Å². The lowest BCUT2D eigenvalue weighted by atomic mass is 11.8. The van der Waals surface area contributed by atoms with E-state index in [1.165, 1.54) is 0 Å². The van der Waals surface area contributed by atoms with Gasteiger partial charge in [-0.05, 0) is 12.2 Å². The van der Waals surface area contributed by atoms with Gasteiger partial charge in [0, 0.05) is 0 Å². The highest BCUT2D eigenvalue weighted by Gasteiger charge is 1.41. The summed E-state index contributed by atoms with van der Waals surface area (Å²) in [5, 5.41) is 1.90. The zero-order valence-corrected chi connectivity index (χ0v) is 3.92. The van der Waals surface area contributed by atoms with E-state index in [4.69, 9.17) is 0 Å². The molecule has 0 aliphatic rings. The number of hydrogen-bond donors (Lipinski definition) is 1. The molecule has 28 valence electrons. The topological polar surface area (TPSA) is 29.4 Å². The SMILES string of the molecule is O=[SH]N=C=S. The molecule has 0 rings (SSSR count). The molecule has 0 atom stereocenters. The number of thiol groups is 1. The van der Waals surface area contributed by atoms with Gasteiger partial charge in [0.15, 0.2) is 0 Å². The van der Waals surface area contributed by atoms with Crippen molar-refractivity contribution in [2.45, 2.75) is 0 Å². The number of nitrogens with zero attached hydrogens (tertiary/aromatic N) is 1. The van der Waals surface area contributed by atoms with Crippen LogP contribution >= 0.6 is 12.2 Å². The molecule has 0 aliphatic carbocycles. The number of rotatable bonds is 1. The van der Waals surface area contributed by atoms with Crippen molar-refractivity contribution >= 4 is 29.2 Å². The summed E-state index contributed by atoms with van der Waals surface area (Å²) in [5.74, 6) is 0. The molecule has 0 aromatic carbocycles. The van der Waals surface area contributed by atoms with Gasteiger partial charge in [0.2, 0.25) is 0 Å². The molecule has 0 N–H and O–H groups in total. The summed E-state index contributed by atoms with van der Waals surface area (Å²) in [5.41, 5.74) is 0. The first-order valence-corrected chi connectivity index (χ1v) is 1.98. The van der Waals surface area contributed by atoms with Crippen molar-refractivity contribution in [2.75, 3.05) is 0 Å². The van der Waals surface area contributed by atoms with Crippen LogP contribution < -0.4 is 0 Å². The van der Waals surface area contributed by atoms with Crippen LogP contribution in [0.15, 0.2) is 4.40 Å². The predicted octanol–water partition coefficient (Wildman–Crippen LogP) is -0.0505. The van der Waals surface area contributed by atoms with E-state index in [-0.39, 0.29) is 11.9 Å². The first-order valence-electron chi connectivity index (χ1n) is 0.810. The Bertz CT molecular complexity index is 73.7. The minimum atomic E-state index is -0.311. The second-order valence-corrected chi connectivity index (χ2v) is 0.819. The van der Waals surface area contributed by atoms with Crippen LogP contribution in [0, 0.1) is 0 Å². The normalized spacial score (nSPS) is 5.60. The molecule has 0 saturated heterocycles. The van der Waals surface area contributed by atoms with Gasteiger partial charge in [-0.3, -0.25) is 0 Å². The molecule has 0 aromatic heterocycles. The maximum Gasteiger partial charge on any atom is 0.135 e. The van der Waals surface area contributed by atoms with Gasteiger partial charge in [0.05, 0.1) is 5.16 Å². The van der Waals surface area contributed by atoms with E-state index in [9.17, 15) is 4.21 Å². The molecule has 0 amide bonds. The molecule has 2 nitrogen and oxygen atoms in total. The lowest BCUT2D eigenvalue weighted by Gasteiger charge is -1.43. The Balaban J connectivity index is 3.31. The van der Waals surface area contributed by atoms with Gasteiger partial charge in [0.25, 0.3) is 0 Å². The van der Waals surface area contributed by atoms with Gasteiger partial charge in [-0.15, -0.1) is 4.40 Å². The summed E-state index contributed by atoms with van der Waals surface area (Å²) >= 11 is 3.72. The molecule has 0 aliphatic heterocycles. The molecule has 0 aromatic rings. The molecule has 0 spiro atoms. The number of isothiocyanates is 1. The molecular formula is CHNOS2. The van der Waals surface area contributed by atoms with E-state index in [1.807, 2.05) is 5.16 Å². The van der Waals surface area contributed by atoms with Crippen LogP contribution in [-0.4, -0.2) is 9.37 Å². The minimum Gasteiger partial charge on any atom is -0.238 e. The third-order valence-corrected chi connectivity index (χ3v) is 0.490. The second-order valence-electron chi connectivity index (χ2n) is 0.273. The smallest absolute Gasteiger partial charge is 0.135 e. The van der Waals surface area contributed by atoms with Crippen molar-refractivity contribution in [1.82, 2.24) is 0 Å². The molecule has 0 saturated carbocycles. The molecule has 5 heavy (non-hydrogen) atoms. The first-order chi connectivity index (χ1) is 2.41. The molecular weight excluding hydrogens is 106 g/mol. The van der Waals surface area contributed by atoms with Crippen molar-refractivity contribution in [1.29, 1.82) is 0 Å². The van der Waals surface area contributed by atoms with Crippen LogP contribution in [-0.2, 0) is 11.9 Å². The molecule has 4 heteroatoms. The molecule has 0 heterocycles. The predicted molar refractivity (Wildman–Crippen MR) is 24.6 cm³/mol. The van der Waals surface area contributed by atoms with Crippen molar-refractivity contribution in [3.8, 4) is 0 Å². The zero-order valence-electron chi connectivity index (χ0n) is 2.21. The maximum atomic E-state index is 9.21. The quantitative estimate of drug-likeness (QED) is 0.289. The summed E-state index contributed by atoms with van der Waals surface area (Å²) < 4.78 is 12.2. The fourth-order valence-corrected chi connectivity index (χ4v) is 0.150. The van der Waals surface area contributed by atoms with E-state index in [0.717, 1.165) is 0 Å². The van der Waals surface area contributed by atoms with E-state index in [0.29, 0.717) is 0 Å². The van der Waals surface area contributed by atoms with Crippen LogP contribution in [0.4, 0.5) is 0 Å². The van der Waals surface area contributed by atoms with Crippen LogP contribution in [0.1, 0.15) is 0 Å². The first kappa shape index (κ1) is 4.95. The van der Waals surface area contributed by atoms with E-state index in [2.05, 4.69) is 16.6 Å². The highest BCUT2D eigenvalue weighted by Crippen LogP contribution is 1.47. The maximum absolute atomic E-state index is 9.21. The average molecular weight is 107 g/mol. The molecule has 0 fully saturated rings. The van der Waals surface area contributed by atoms with Gasteiger partial charge in [-0.2, -0.15) is 0 Å². The number of hydrogen-bond acceptors (Lipinski definition) is 2. The summed E-state index contributed by atoms with van der Waals surface area (Å²) in [6, 6.07) is 0. The summed E-state index contributed by atoms with van der Waals surface area (Å²) in [7, 11) is 0. The highest BCUT2D eigenvalue weighted by molar-refractivity contribution is 7.79. The van der Waals surface area contributed by atoms with Crippen molar-refractivity contribution in [3.05, 3.63) is 0 Å². The lowest BCUT2D eigenvalue weighted by Crippen LogP contribution is -1.42. The van der Waals surface area contributed by atoms with Gasteiger partial charge in [-0.1, -0.05) is 0 Å². The van der Waals surface area contributed by atoms with E-state index < -0.39 is 0 Å². The molecule has 0 unspecified atom stereocenters. The van der Waals surface area contributed by atoms with Crippen LogP contribution in [0.3, 0.4) is 0 Å². The summed E-state index contributed by atoms with van der Waals surface area (Å²) in [6.45, 7) is 0. The molecule has 0 radical (unpaired) electrons. The van der Waals surface area contributed by atoms with Crippen molar-refractivity contribution in [3.63, 3.8) is 0 Å². The Morgan fingerprint density at radius 3 is 2.60 bits per heavy atom. The largest absolute Gasteiger partial charge is 0.238 e. The Kier molecular flexibility index (Phi) is 3.91. The Hall–Kier alpha value is -0.0500. The fourth-order valence-electron chi connectivity index (χ4n) is 0.0167. The second kappa shape index (κ2) is 3.95. The molecule has 0 bridgehead atoms. The Morgan fingerprint density at radius 1 is 2.00 bits per heavy atom. The van der Waals surface area contributed by atoms with E-state index in [1.54, 1.807) is 0 Å². The van der Waals surface area contributed by atoms with Crippen LogP contribution in [0.2, 0.25) is 0 Å². The Labute approximate surface area is 38.5 Å². The lowest BCUT2D eigenvalue weighted by molar-refractivity contribution is 0.695. The highest BCUT2D eigenvalue weighted by atomic mass is 32.2. The van der Waals surface area contributed by atoms with Gasteiger partial charge >= 0.3 is 0 Å². The summed E-state index contributed by atoms with van der Waals surface area (Å²) in [6.07, 6.45) is 0. The summed E-state index contributed by atoms with van der Waals surface area (Å²) in [4.78, 5) is 0. The van der Waals surface area contributed by atoms with Gasteiger partial charge in [0.1, 0.15) is 11.9 Å². The van der Waals surface area contributed by atoms with Crippen LogP contribution in [0.5, 0.6) is 0 Å². The van der Waals surface area contributed by atoms with Gasteiger partial charge < -0.3 is 0 Å². The third kappa shape index (κ3) is 3.95. The van der Waals surface area contributed by atoms with Crippen LogP contribution in [0.25, 0.3) is 0 Å². The Morgan fingerprint density at radius 2 is 2.60 bits per heavy atom. The van der Waals surface area contributed by atoms with Crippen molar-refractivity contribution < 1.29 is 4.21 Å². The average Bonchev–Trinajstić information content (AvgIpc) is 1.41. The number of thiocarbonyl (C=S) groups is 1. The third-order valence-electron chi connectivity index (χ3n) is 0.0816. The van der Waals surface area contributed by atoms with Gasteiger partial charge in [-0.25, -0.2) is 4.21 Å². The minimum absolute atomic E-state index is 0.311. The van der Waals surface area contributed by atoms with Crippen molar-refractivity contribution in [2.24, 2.45) is 4.40 Å².